The van der Waals surface area contributed by atoms with Crippen LogP contribution < -0.4 is 10.6 Å². The van der Waals surface area contributed by atoms with Crippen molar-refractivity contribution in [3.63, 3.8) is 0 Å². The molecule has 0 aliphatic carbocycles. The molecule has 0 radical (unpaired) electrons. The molecule has 2 fully saturated rings. The van der Waals surface area contributed by atoms with Crippen LogP contribution in [0.2, 0.25) is 0 Å². The monoisotopic (exact) mass is 445 g/mol. The first-order valence-electron chi connectivity index (χ1n) is 10.4. The van der Waals surface area contributed by atoms with Crippen LogP contribution in [-0.4, -0.2) is 50.7 Å². The van der Waals surface area contributed by atoms with E-state index >= 15 is 0 Å². The van der Waals surface area contributed by atoms with E-state index in [1.54, 1.807) is 7.11 Å². The first-order chi connectivity index (χ1) is 13.1. The number of rotatable bonds is 7. The third kappa shape index (κ3) is 7.41. The van der Waals surface area contributed by atoms with E-state index in [9.17, 15) is 4.79 Å². The molecule has 1 aromatic carbocycles. The van der Waals surface area contributed by atoms with Gasteiger partial charge in [-0.25, -0.2) is 0 Å². The van der Waals surface area contributed by atoms with Crippen molar-refractivity contribution in [3.05, 3.63) is 35.4 Å². The summed E-state index contributed by atoms with van der Waals surface area (Å²) in [6.45, 7) is 8.61. The molecule has 0 bridgehead atoms. The van der Waals surface area contributed by atoms with E-state index < -0.39 is 0 Å². The van der Waals surface area contributed by atoms with Gasteiger partial charge in [0.05, 0.1) is 12.0 Å². The largest absolute Gasteiger partial charge is 0.384 e. The fourth-order valence-corrected chi connectivity index (χ4v) is 4.23. The average molecular weight is 446 g/mol. The zero-order valence-electron chi connectivity index (χ0n) is 17.7. The highest BCUT2D eigenvalue weighted by atomic mass is 35.5. The van der Waals surface area contributed by atoms with E-state index in [4.69, 9.17) is 4.74 Å². The van der Waals surface area contributed by atoms with Crippen molar-refractivity contribution >= 4 is 30.7 Å². The SMILES string of the molecule is COCC1(C(=O)NCc2ccc(CN3CCC(C)CC3)cc2)CCNCC1.Cl.Cl. The Labute approximate surface area is 188 Å². The van der Waals surface area contributed by atoms with Crippen molar-refractivity contribution < 1.29 is 9.53 Å². The second kappa shape index (κ2) is 12.8. The molecule has 2 aliphatic heterocycles. The predicted molar refractivity (Wildman–Crippen MR) is 123 cm³/mol. The summed E-state index contributed by atoms with van der Waals surface area (Å²) in [5.41, 5.74) is 2.13. The van der Waals surface area contributed by atoms with Crippen molar-refractivity contribution in [3.8, 4) is 0 Å². The van der Waals surface area contributed by atoms with Crippen molar-refractivity contribution in [1.82, 2.24) is 15.5 Å². The Morgan fingerprint density at radius 2 is 1.72 bits per heavy atom. The molecule has 0 unspecified atom stereocenters. The lowest BCUT2D eigenvalue weighted by Crippen LogP contribution is -2.49. The zero-order chi connectivity index (χ0) is 19.1. The minimum absolute atomic E-state index is 0. The van der Waals surface area contributed by atoms with Crippen LogP contribution in [0.25, 0.3) is 0 Å². The first kappa shape index (κ1) is 26.2. The Kier molecular flexibility index (Phi) is 11.5. The lowest BCUT2D eigenvalue weighted by molar-refractivity contribution is -0.136. The fraction of sp³-hybridized carbons (Fsp3) is 0.682. The van der Waals surface area contributed by atoms with E-state index in [2.05, 4.69) is 46.7 Å². The maximum atomic E-state index is 12.8. The normalized spacial score (nSPS) is 19.7. The van der Waals surface area contributed by atoms with Crippen molar-refractivity contribution in [2.75, 3.05) is 39.9 Å². The van der Waals surface area contributed by atoms with Crippen LogP contribution in [0.15, 0.2) is 24.3 Å². The number of hydrogen-bond acceptors (Lipinski definition) is 4. The van der Waals surface area contributed by atoms with E-state index in [0.717, 1.165) is 44.0 Å². The molecule has 0 saturated carbocycles. The number of methoxy groups -OCH3 is 1. The highest BCUT2D eigenvalue weighted by Crippen LogP contribution is 2.29. The molecule has 2 saturated heterocycles. The topological polar surface area (TPSA) is 53.6 Å². The first-order valence-corrected chi connectivity index (χ1v) is 10.4. The molecule has 5 nitrogen and oxygen atoms in total. The summed E-state index contributed by atoms with van der Waals surface area (Å²) in [5, 5.41) is 6.47. The molecule has 0 spiro atoms. The minimum Gasteiger partial charge on any atom is -0.384 e. The Morgan fingerprint density at radius 3 is 2.31 bits per heavy atom. The van der Waals surface area contributed by atoms with Crippen LogP contribution in [0.1, 0.15) is 43.7 Å². The maximum absolute atomic E-state index is 12.8. The van der Waals surface area contributed by atoms with Crippen molar-refractivity contribution in [1.29, 1.82) is 0 Å². The number of carbonyl (C=O) groups excluding carboxylic acids is 1. The van der Waals surface area contributed by atoms with Gasteiger partial charge in [0.15, 0.2) is 0 Å². The van der Waals surface area contributed by atoms with E-state index in [1.165, 1.54) is 31.5 Å². The highest BCUT2D eigenvalue weighted by Gasteiger charge is 2.39. The third-order valence-corrected chi connectivity index (χ3v) is 6.22. The van der Waals surface area contributed by atoms with Crippen molar-refractivity contribution in [2.24, 2.45) is 11.3 Å². The number of piperidine rings is 2. The van der Waals surface area contributed by atoms with Gasteiger partial charge in [-0.2, -0.15) is 0 Å². The Morgan fingerprint density at radius 1 is 1.14 bits per heavy atom. The molecule has 1 aromatic rings. The maximum Gasteiger partial charge on any atom is 0.228 e. The molecule has 0 aromatic heterocycles. The summed E-state index contributed by atoms with van der Waals surface area (Å²) in [5.74, 6) is 0.992. The number of halogens is 2. The van der Waals surface area contributed by atoms with Crippen LogP contribution in [0, 0.1) is 11.3 Å². The Hall–Kier alpha value is -0.850. The van der Waals surface area contributed by atoms with Gasteiger partial charge in [0.1, 0.15) is 0 Å². The summed E-state index contributed by atoms with van der Waals surface area (Å²) in [4.78, 5) is 15.4. The second-order valence-electron chi connectivity index (χ2n) is 8.42. The van der Waals surface area contributed by atoms with Crippen LogP contribution in [0.3, 0.4) is 0 Å². The second-order valence-corrected chi connectivity index (χ2v) is 8.42. The summed E-state index contributed by atoms with van der Waals surface area (Å²) < 4.78 is 5.36. The van der Waals surface area contributed by atoms with Gasteiger partial charge >= 0.3 is 0 Å². The van der Waals surface area contributed by atoms with Crippen LogP contribution in [-0.2, 0) is 22.6 Å². The van der Waals surface area contributed by atoms with E-state index in [1.807, 2.05) is 0 Å². The standard InChI is InChI=1S/C22H35N3O2.2ClH/c1-18-7-13-25(14-8-18)16-20-5-3-19(4-6-20)15-24-21(26)22(17-27-2)9-11-23-12-10-22;;/h3-6,18,23H,7-17H2,1-2H3,(H,24,26);2*1H. The molecule has 166 valence electrons. The highest BCUT2D eigenvalue weighted by molar-refractivity contribution is 5.85. The molecule has 2 N–H and O–H groups in total. The van der Waals surface area contributed by atoms with Gasteiger partial charge in [-0.15, -0.1) is 24.8 Å². The summed E-state index contributed by atoms with van der Waals surface area (Å²) >= 11 is 0. The lowest BCUT2D eigenvalue weighted by atomic mass is 9.78. The minimum atomic E-state index is -0.384. The molecule has 2 aliphatic rings. The number of benzene rings is 1. The molecule has 2 heterocycles. The number of nitrogens with zero attached hydrogens (tertiary/aromatic N) is 1. The molecule has 29 heavy (non-hydrogen) atoms. The fourth-order valence-electron chi connectivity index (χ4n) is 4.23. The zero-order valence-corrected chi connectivity index (χ0v) is 19.4. The smallest absolute Gasteiger partial charge is 0.228 e. The molecule has 3 rings (SSSR count). The summed E-state index contributed by atoms with van der Waals surface area (Å²) in [6, 6.07) is 8.70. The Bertz CT molecular complexity index is 593. The summed E-state index contributed by atoms with van der Waals surface area (Å²) in [6.07, 6.45) is 4.28. The van der Waals surface area contributed by atoms with Crippen LogP contribution in [0.4, 0.5) is 0 Å². The molecular weight excluding hydrogens is 409 g/mol. The number of likely N-dealkylation sites (tertiary alicyclic amines) is 1. The Balaban J connectivity index is 0.00000210. The van der Waals surface area contributed by atoms with Gasteiger partial charge in [0.25, 0.3) is 0 Å². The van der Waals surface area contributed by atoms with Gasteiger partial charge in [0.2, 0.25) is 5.91 Å². The van der Waals surface area contributed by atoms with E-state index in [-0.39, 0.29) is 36.1 Å². The van der Waals surface area contributed by atoms with Crippen molar-refractivity contribution in [2.45, 2.75) is 45.7 Å². The molecule has 0 atom stereocenters. The van der Waals surface area contributed by atoms with Gasteiger partial charge in [0, 0.05) is 20.2 Å². The number of hydrogen-bond donors (Lipinski definition) is 2. The molecular formula is C22H37Cl2N3O2. The quantitative estimate of drug-likeness (QED) is 0.674. The number of ether oxygens (including phenoxy) is 1. The van der Waals surface area contributed by atoms with Gasteiger partial charge in [-0.3, -0.25) is 9.69 Å². The average Bonchev–Trinajstić information content (AvgIpc) is 2.70. The van der Waals surface area contributed by atoms with Gasteiger partial charge < -0.3 is 15.4 Å². The number of amides is 1. The van der Waals surface area contributed by atoms with Gasteiger partial charge in [-0.05, 0) is 68.9 Å². The number of carbonyl (C=O) groups is 1. The number of nitrogens with one attached hydrogen (secondary N) is 2. The molecule has 1 amide bonds. The van der Waals surface area contributed by atoms with Crippen LogP contribution >= 0.6 is 24.8 Å². The predicted octanol–water partition coefficient (Wildman–Crippen LogP) is 3.39. The van der Waals surface area contributed by atoms with E-state index in [0.29, 0.717) is 13.2 Å². The van der Waals surface area contributed by atoms with Gasteiger partial charge in [-0.1, -0.05) is 31.2 Å². The van der Waals surface area contributed by atoms with Crippen LogP contribution in [0.5, 0.6) is 0 Å². The summed E-state index contributed by atoms with van der Waals surface area (Å²) in [7, 11) is 1.68. The third-order valence-electron chi connectivity index (χ3n) is 6.22. The lowest BCUT2D eigenvalue weighted by Gasteiger charge is -2.35. The molecule has 7 heteroatoms.